The van der Waals surface area contributed by atoms with Crippen molar-refractivity contribution in [2.75, 3.05) is 13.1 Å². The standard InChI is InChI=1S/C25H31N3O4S/c29-24(20-11-8-14-22(18-20)33(31,32)27-21-12-4-5-13-21)26-23(17-19-9-2-1-3-10-19)25(30)28-15-6-7-16-28/h1-3,8-11,14,18,21,23,27H,4-7,12-13,15-17H2,(H,26,29)/t23-/m0/s1. The second-order valence-corrected chi connectivity index (χ2v) is 10.6. The van der Waals surface area contributed by atoms with Crippen LogP contribution in [0.15, 0.2) is 59.5 Å². The number of benzene rings is 2. The lowest BCUT2D eigenvalue weighted by molar-refractivity contribution is -0.132. The first-order valence-electron chi connectivity index (χ1n) is 11.7. The van der Waals surface area contributed by atoms with E-state index in [4.69, 9.17) is 0 Å². The zero-order chi connectivity index (χ0) is 23.3. The van der Waals surface area contributed by atoms with Crippen molar-refractivity contribution in [1.82, 2.24) is 14.9 Å². The fourth-order valence-corrected chi connectivity index (χ4v) is 5.94. The number of rotatable bonds is 8. The number of carbonyl (C=O) groups excluding carboxylic acids is 2. The van der Waals surface area contributed by atoms with Gasteiger partial charge in [0.05, 0.1) is 4.90 Å². The molecular weight excluding hydrogens is 438 g/mol. The number of sulfonamides is 1. The van der Waals surface area contributed by atoms with Gasteiger partial charge in [-0.15, -0.1) is 0 Å². The molecule has 8 heteroatoms. The molecule has 1 saturated heterocycles. The predicted molar refractivity (Wildman–Crippen MR) is 126 cm³/mol. The van der Waals surface area contributed by atoms with Crippen LogP contribution in [-0.4, -0.2) is 50.3 Å². The first kappa shape index (κ1) is 23.4. The smallest absolute Gasteiger partial charge is 0.251 e. The highest BCUT2D eigenvalue weighted by Gasteiger charge is 2.29. The van der Waals surface area contributed by atoms with Gasteiger partial charge in [-0.3, -0.25) is 9.59 Å². The van der Waals surface area contributed by atoms with Crippen molar-refractivity contribution in [1.29, 1.82) is 0 Å². The van der Waals surface area contributed by atoms with Gasteiger partial charge in [-0.05, 0) is 49.4 Å². The quantitative estimate of drug-likeness (QED) is 0.621. The van der Waals surface area contributed by atoms with E-state index in [-0.39, 0.29) is 22.4 Å². The Bertz CT molecular complexity index is 1080. The summed E-state index contributed by atoms with van der Waals surface area (Å²) in [5, 5.41) is 2.86. The lowest BCUT2D eigenvalue weighted by Crippen LogP contribution is -2.49. The van der Waals surface area contributed by atoms with E-state index in [1.165, 1.54) is 12.1 Å². The van der Waals surface area contributed by atoms with Crippen LogP contribution in [0.1, 0.15) is 54.4 Å². The van der Waals surface area contributed by atoms with Crippen LogP contribution < -0.4 is 10.0 Å². The van der Waals surface area contributed by atoms with Gasteiger partial charge in [0.2, 0.25) is 15.9 Å². The van der Waals surface area contributed by atoms with Crippen LogP contribution >= 0.6 is 0 Å². The monoisotopic (exact) mass is 469 g/mol. The van der Waals surface area contributed by atoms with Crippen LogP contribution in [0.25, 0.3) is 0 Å². The van der Waals surface area contributed by atoms with Gasteiger partial charge in [-0.25, -0.2) is 13.1 Å². The molecule has 2 N–H and O–H groups in total. The van der Waals surface area contributed by atoms with Crippen molar-refractivity contribution in [2.24, 2.45) is 0 Å². The summed E-state index contributed by atoms with van der Waals surface area (Å²) in [5.41, 5.74) is 1.17. The summed E-state index contributed by atoms with van der Waals surface area (Å²) in [6.07, 6.45) is 6.01. The molecule has 1 aliphatic carbocycles. The van der Waals surface area contributed by atoms with Gasteiger partial charge in [0, 0.05) is 31.1 Å². The molecule has 0 spiro atoms. The molecule has 0 unspecified atom stereocenters. The van der Waals surface area contributed by atoms with Gasteiger partial charge >= 0.3 is 0 Å². The normalized spacial score (nSPS) is 17.8. The van der Waals surface area contributed by atoms with Gasteiger partial charge in [0.15, 0.2) is 0 Å². The molecule has 33 heavy (non-hydrogen) atoms. The number of amides is 2. The first-order chi connectivity index (χ1) is 15.9. The molecule has 0 bridgehead atoms. The Hall–Kier alpha value is -2.71. The summed E-state index contributed by atoms with van der Waals surface area (Å²) in [5.74, 6) is -0.558. The maximum Gasteiger partial charge on any atom is 0.251 e. The molecule has 2 fully saturated rings. The van der Waals surface area contributed by atoms with E-state index in [1.807, 2.05) is 30.3 Å². The molecular formula is C25H31N3O4S. The van der Waals surface area contributed by atoms with Gasteiger partial charge in [-0.2, -0.15) is 0 Å². The fraction of sp³-hybridized carbons (Fsp3) is 0.440. The molecule has 4 rings (SSSR count). The number of nitrogens with zero attached hydrogens (tertiary/aromatic N) is 1. The minimum absolute atomic E-state index is 0.0548. The molecule has 2 aliphatic rings. The molecule has 0 aromatic heterocycles. The van der Waals surface area contributed by atoms with Gasteiger partial charge in [-0.1, -0.05) is 49.2 Å². The molecule has 1 atom stereocenters. The Morgan fingerprint density at radius 3 is 2.33 bits per heavy atom. The zero-order valence-corrected chi connectivity index (χ0v) is 19.5. The third-order valence-corrected chi connectivity index (χ3v) is 7.91. The molecule has 176 valence electrons. The highest BCUT2D eigenvalue weighted by atomic mass is 32.2. The molecule has 1 aliphatic heterocycles. The lowest BCUT2D eigenvalue weighted by atomic mass is 10.0. The highest BCUT2D eigenvalue weighted by molar-refractivity contribution is 7.89. The highest BCUT2D eigenvalue weighted by Crippen LogP contribution is 2.21. The van der Waals surface area contributed by atoms with E-state index in [1.54, 1.807) is 17.0 Å². The van der Waals surface area contributed by atoms with Crippen molar-refractivity contribution < 1.29 is 18.0 Å². The number of hydrogen-bond donors (Lipinski definition) is 2. The Labute approximate surface area is 195 Å². The van der Waals surface area contributed by atoms with Crippen LogP contribution in [0, 0.1) is 0 Å². The number of carbonyl (C=O) groups is 2. The SMILES string of the molecule is O=C(N[C@@H](Cc1ccccc1)C(=O)N1CCCC1)c1cccc(S(=O)(=O)NC2CCCC2)c1. The largest absolute Gasteiger partial charge is 0.341 e. The average molecular weight is 470 g/mol. The third kappa shape index (κ3) is 6.00. The second-order valence-electron chi connectivity index (χ2n) is 8.88. The van der Waals surface area contributed by atoms with E-state index < -0.39 is 22.0 Å². The molecule has 0 radical (unpaired) electrons. The minimum atomic E-state index is -3.71. The molecule has 1 heterocycles. The maximum absolute atomic E-state index is 13.1. The molecule has 7 nitrogen and oxygen atoms in total. The Morgan fingerprint density at radius 2 is 1.64 bits per heavy atom. The van der Waals surface area contributed by atoms with Crippen LogP contribution in [-0.2, 0) is 21.2 Å². The lowest BCUT2D eigenvalue weighted by Gasteiger charge is -2.24. The number of hydrogen-bond acceptors (Lipinski definition) is 4. The summed E-state index contributed by atoms with van der Waals surface area (Å²) < 4.78 is 28.4. The maximum atomic E-state index is 13.1. The molecule has 2 aromatic carbocycles. The Morgan fingerprint density at radius 1 is 0.939 bits per heavy atom. The van der Waals surface area contributed by atoms with Crippen LogP contribution in [0.2, 0.25) is 0 Å². The average Bonchev–Trinajstić information content (AvgIpc) is 3.53. The predicted octanol–water partition coefficient (Wildman–Crippen LogP) is 2.87. The summed E-state index contributed by atoms with van der Waals surface area (Å²) in [6.45, 7) is 1.39. The fourth-order valence-electron chi connectivity index (χ4n) is 4.58. The number of nitrogens with one attached hydrogen (secondary N) is 2. The van der Waals surface area contributed by atoms with Crippen LogP contribution in [0.4, 0.5) is 0 Å². The van der Waals surface area contributed by atoms with E-state index in [0.29, 0.717) is 19.5 Å². The van der Waals surface area contributed by atoms with Gasteiger partial charge in [0.25, 0.3) is 5.91 Å². The zero-order valence-electron chi connectivity index (χ0n) is 18.7. The van der Waals surface area contributed by atoms with E-state index in [9.17, 15) is 18.0 Å². The summed E-state index contributed by atoms with van der Waals surface area (Å²) in [4.78, 5) is 28.1. The first-order valence-corrected chi connectivity index (χ1v) is 13.2. The number of likely N-dealkylation sites (tertiary alicyclic amines) is 1. The van der Waals surface area contributed by atoms with E-state index in [2.05, 4.69) is 10.0 Å². The van der Waals surface area contributed by atoms with Crippen LogP contribution in [0.5, 0.6) is 0 Å². The summed E-state index contributed by atoms with van der Waals surface area (Å²) >= 11 is 0. The van der Waals surface area contributed by atoms with E-state index >= 15 is 0 Å². The summed E-state index contributed by atoms with van der Waals surface area (Å²) in [7, 11) is -3.71. The topological polar surface area (TPSA) is 95.6 Å². The molecule has 2 aromatic rings. The van der Waals surface area contributed by atoms with Crippen molar-refractivity contribution >= 4 is 21.8 Å². The molecule has 1 saturated carbocycles. The molecule has 2 amide bonds. The minimum Gasteiger partial charge on any atom is -0.341 e. The van der Waals surface area contributed by atoms with Crippen molar-refractivity contribution in [3.05, 3.63) is 65.7 Å². The van der Waals surface area contributed by atoms with Crippen LogP contribution in [0.3, 0.4) is 0 Å². The second kappa shape index (κ2) is 10.5. The van der Waals surface area contributed by atoms with Gasteiger partial charge < -0.3 is 10.2 Å². The summed E-state index contributed by atoms with van der Waals surface area (Å²) in [6, 6.07) is 14.8. The Balaban J connectivity index is 1.51. The van der Waals surface area contributed by atoms with Crippen molar-refractivity contribution in [3.8, 4) is 0 Å². The van der Waals surface area contributed by atoms with Gasteiger partial charge in [0.1, 0.15) is 6.04 Å². The third-order valence-electron chi connectivity index (χ3n) is 6.39. The Kier molecular flexibility index (Phi) is 7.45. The van der Waals surface area contributed by atoms with Crippen molar-refractivity contribution in [2.45, 2.75) is 61.9 Å². The van der Waals surface area contributed by atoms with E-state index in [0.717, 1.165) is 44.1 Å². The van der Waals surface area contributed by atoms with Crippen molar-refractivity contribution in [3.63, 3.8) is 0 Å².